The minimum absolute atomic E-state index is 0. The first-order valence-corrected chi connectivity index (χ1v) is 17.3. The van der Waals surface area contributed by atoms with Crippen LogP contribution in [0.5, 0.6) is 0 Å². The maximum Gasteiger partial charge on any atom is 0.337 e. The van der Waals surface area contributed by atoms with E-state index >= 15 is 8.78 Å². The van der Waals surface area contributed by atoms with Crippen LogP contribution in [0.25, 0.3) is 26.3 Å². The molecule has 0 spiro atoms. The molecule has 0 radical (unpaired) electrons. The van der Waals surface area contributed by atoms with Gasteiger partial charge in [-0.25, -0.2) is 22.9 Å². The molecule has 0 saturated heterocycles. The number of hydrogen-bond acceptors (Lipinski definition) is 5. The smallest absolute Gasteiger partial charge is 0.308 e. The second-order valence-corrected chi connectivity index (χ2v) is 13.3. The van der Waals surface area contributed by atoms with Crippen molar-refractivity contribution in [2.75, 3.05) is 17.7 Å². The highest BCUT2D eigenvalue weighted by atomic mass is 35.5. The van der Waals surface area contributed by atoms with Crippen LogP contribution < -0.4 is 21.9 Å². The van der Waals surface area contributed by atoms with E-state index in [9.17, 15) is 14.4 Å². The van der Waals surface area contributed by atoms with Gasteiger partial charge in [0.15, 0.2) is 0 Å². The van der Waals surface area contributed by atoms with E-state index < -0.39 is 35.5 Å². The number of carbonyl (C=O) groups is 1. The lowest BCUT2D eigenvalue weighted by Gasteiger charge is -2.18. The first-order valence-electron chi connectivity index (χ1n) is 16.5. The molecule has 12 heteroatoms. The minimum atomic E-state index is -0.795. The van der Waals surface area contributed by atoms with Crippen molar-refractivity contribution < 1.29 is 13.6 Å². The number of halogens is 3. The molecule has 2 N–H and O–H groups in total. The largest absolute Gasteiger partial charge is 0.337 e. The summed E-state index contributed by atoms with van der Waals surface area (Å²) in [5.41, 5.74) is 2.47. The molecule has 7 rings (SSSR count). The van der Waals surface area contributed by atoms with Gasteiger partial charge in [0, 0.05) is 34.9 Å². The zero-order valence-corrected chi connectivity index (χ0v) is 30.1. The van der Waals surface area contributed by atoms with Crippen LogP contribution in [0.2, 0.25) is 0 Å². The third-order valence-electron chi connectivity index (χ3n) is 8.63. The molecule has 0 fully saturated rings. The summed E-state index contributed by atoms with van der Waals surface area (Å²) < 4.78 is 32.5. The standard InChI is InChI=1S/C41H33F2N5O3S.ClH/c1-46(24-27-12-5-2-6-13-27)25-33-36-38(49)48(31-16-9-4-10-17-31)41(51)47(26-32-34(42)18-11-19-35(32)43)39(36)52-37(33)28-20-22-30(23-21-28)45-40(50)44-29-14-7-3-8-15-29;/h2-23H,24-26H2,1H3,(H2,44,45,50);1H. The average Bonchev–Trinajstić information content (AvgIpc) is 3.51. The molecule has 268 valence electrons. The molecule has 8 nitrogen and oxygen atoms in total. The van der Waals surface area contributed by atoms with Crippen LogP contribution >= 0.6 is 23.7 Å². The molecular formula is C41H34ClF2N5O3S. The van der Waals surface area contributed by atoms with Crippen molar-refractivity contribution in [3.63, 3.8) is 0 Å². The lowest BCUT2D eigenvalue weighted by atomic mass is 10.1. The van der Waals surface area contributed by atoms with Gasteiger partial charge >= 0.3 is 11.7 Å². The summed E-state index contributed by atoms with van der Waals surface area (Å²) in [6.07, 6.45) is 0. The normalized spacial score (nSPS) is 11.0. The first kappa shape index (κ1) is 36.9. The quantitative estimate of drug-likeness (QED) is 0.146. The highest BCUT2D eigenvalue weighted by Gasteiger charge is 2.26. The number of nitrogens with zero attached hydrogens (tertiary/aromatic N) is 3. The number of urea groups is 1. The number of thiophene rings is 1. The van der Waals surface area contributed by atoms with Crippen LogP contribution in [-0.4, -0.2) is 27.1 Å². The van der Waals surface area contributed by atoms with Crippen LogP contribution in [0.3, 0.4) is 0 Å². The lowest BCUT2D eigenvalue weighted by molar-refractivity contribution is 0.262. The summed E-state index contributed by atoms with van der Waals surface area (Å²) in [5, 5.41) is 5.91. The summed E-state index contributed by atoms with van der Waals surface area (Å²) in [4.78, 5) is 44.6. The molecule has 0 atom stereocenters. The number of benzene rings is 5. The topological polar surface area (TPSA) is 88.4 Å². The molecule has 0 aliphatic heterocycles. The molecule has 0 saturated carbocycles. The van der Waals surface area contributed by atoms with Crippen LogP contribution in [0, 0.1) is 11.6 Å². The van der Waals surface area contributed by atoms with E-state index in [0.717, 1.165) is 27.8 Å². The van der Waals surface area contributed by atoms with E-state index in [4.69, 9.17) is 0 Å². The van der Waals surface area contributed by atoms with E-state index in [0.29, 0.717) is 45.4 Å². The van der Waals surface area contributed by atoms with Crippen molar-refractivity contribution in [2.24, 2.45) is 0 Å². The van der Waals surface area contributed by atoms with Gasteiger partial charge < -0.3 is 10.6 Å². The first-order chi connectivity index (χ1) is 25.3. The summed E-state index contributed by atoms with van der Waals surface area (Å²) in [5.74, 6) is -1.59. The number of hydrogen-bond donors (Lipinski definition) is 2. The van der Waals surface area contributed by atoms with Crippen LogP contribution in [0.4, 0.5) is 25.0 Å². The summed E-state index contributed by atoms with van der Waals surface area (Å²) in [6, 6.07) is 37.8. The predicted molar refractivity (Wildman–Crippen MR) is 211 cm³/mol. The van der Waals surface area contributed by atoms with Crippen LogP contribution in [-0.2, 0) is 19.6 Å². The molecule has 0 bridgehead atoms. The van der Waals surface area contributed by atoms with Crippen molar-refractivity contribution in [1.82, 2.24) is 14.0 Å². The second-order valence-electron chi connectivity index (χ2n) is 12.3. The number of aromatic nitrogens is 2. The fraction of sp³-hybridized carbons (Fsp3) is 0.0976. The third kappa shape index (κ3) is 7.97. The molecule has 2 amide bonds. The van der Waals surface area contributed by atoms with Crippen LogP contribution in [0.15, 0.2) is 143 Å². The molecule has 0 aliphatic rings. The Bertz CT molecular complexity index is 2470. The maximum atomic E-state index is 15.1. The second kappa shape index (κ2) is 16.2. The number of anilines is 2. The van der Waals surface area contributed by atoms with Gasteiger partial charge in [-0.1, -0.05) is 84.9 Å². The summed E-state index contributed by atoms with van der Waals surface area (Å²) in [6.45, 7) is 0.462. The number of nitrogens with one attached hydrogen (secondary N) is 2. The van der Waals surface area contributed by atoms with Gasteiger partial charge in [-0.05, 0) is 72.3 Å². The Kier molecular flexibility index (Phi) is 11.3. The van der Waals surface area contributed by atoms with Gasteiger partial charge in [0.25, 0.3) is 5.56 Å². The van der Waals surface area contributed by atoms with E-state index in [1.165, 1.54) is 22.0 Å². The summed E-state index contributed by atoms with van der Waals surface area (Å²) >= 11 is 1.22. The Hall–Kier alpha value is -5.88. The Balaban J connectivity index is 0.00000481. The van der Waals surface area contributed by atoms with E-state index in [2.05, 4.69) is 15.5 Å². The fourth-order valence-corrected chi connectivity index (χ4v) is 7.48. The highest BCUT2D eigenvalue weighted by Crippen LogP contribution is 2.39. The van der Waals surface area contributed by atoms with Gasteiger partial charge in [-0.15, -0.1) is 23.7 Å². The zero-order valence-electron chi connectivity index (χ0n) is 28.5. The van der Waals surface area contributed by atoms with Gasteiger partial charge in [-0.3, -0.25) is 14.3 Å². The SMILES string of the molecule is CN(Cc1ccccc1)Cc1c(-c2ccc(NC(=O)Nc3ccccc3)cc2)sc2c1c(=O)n(-c1ccccc1)c(=O)n2Cc1c(F)cccc1F.Cl. The molecule has 0 aliphatic carbocycles. The highest BCUT2D eigenvalue weighted by molar-refractivity contribution is 7.22. The van der Waals surface area contributed by atoms with E-state index in [-0.39, 0.29) is 23.4 Å². The Morgan fingerprint density at radius 2 is 1.26 bits per heavy atom. The van der Waals surface area contributed by atoms with E-state index in [1.54, 1.807) is 54.6 Å². The molecule has 5 aromatic carbocycles. The molecule has 0 unspecified atom stereocenters. The Morgan fingerprint density at radius 1 is 0.698 bits per heavy atom. The van der Waals surface area contributed by atoms with Gasteiger partial charge in [0.05, 0.1) is 17.6 Å². The van der Waals surface area contributed by atoms with Crippen molar-refractivity contribution in [1.29, 1.82) is 0 Å². The lowest BCUT2D eigenvalue weighted by Crippen LogP contribution is -2.39. The van der Waals surface area contributed by atoms with Crippen LogP contribution in [0.1, 0.15) is 16.7 Å². The van der Waals surface area contributed by atoms with Crippen molar-refractivity contribution in [3.05, 3.63) is 183 Å². The van der Waals surface area contributed by atoms with Gasteiger partial charge in [0.1, 0.15) is 16.5 Å². The monoisotopic (exact) mass is 749 g/mol. The maximum absolute atomic E-state index is 15.1. The minimum Gasteiger partial charge on any atom is -0.308 e. The number of rotatable bonds is 10. The summed E-state index contributed by atoms with van der Waals surface area (Å²) in [7, 11) is 1.94. The number of amides is 2. The molecule has 2 heterocycles. The van der Waals surface area contributed by atoms with Crippen molar-refractivity contribution in [2.45, 2.75) is 19.6 Å². The van der Waals surface area contributed by atoms with Crippen molar-refractivity contribution >= 4 is 51.4 Å². The molecule has 53 heavy (non-hydrogen) atoms. The molecule has 7 aromatic rings. The Labute approximate surface area is 314 Å². The molecular weight excluding hydrogens is 716 g/mol. The number of para-hydroxylation sites is 2. The fourth-order valence-electron chi connectivity index (χ4n) is 6.18. The van der Waals surface area contributed by atoms with Gasteiger partial charge in [0.2, 0.25) is 0 Å². The van der Waals surface area contributed by atoms with Gasteiger partial charge in [-0.2, -0.15) is 0 Å². The predicted octanol–water partition coefficient (Wildman–Crippen LogP) is 8.91. The average molecular weight is 750 g/mol. The number of fused-ring (bicyclic) bond motifs is 1. The van der Waals surface area contributed by atoms with E-state index in [1.807, 2.05) is 67.7 Å². The third-order valence-corrected chi connectivity index (χ3v) is 9.93. The number of carbonyl (C=O) groups excluding carboxylic acids is 1. The zero-order chi connectivity index (χ0) is 36.2. The molecule has 2 aromatic heterocycles. The van der Waals surface area contributed by atoms with Crippen molar-refractivity contribution in [3.8, 4) is 16.1 Å². The Morgan fingerprint density at radius 3 is 1.89 bits per heavy atom.